The number of nitrogens with one attached hydrogen (secondary N) is 2. The Hall–Kier alpha value is -1.52. The number of aromatic nitrogens is 2. The fraction of sp³-hybridized carbons (Fsp3) is 0.667. The van der Waals surface area contributed by atoms with Gasteiger partial charge in [-0.05, 0) is 27.2 Å². The monoisotopic (exact) mass is 238 g/mol. The van der Waals surface area contributed by atoms with E-state index in [1.54, 1.807) is 10.9 Å². The fourth-order valence-electron chi connectivity index (χ4n) is 1.58. The Morgan fingerprint density at radius 1 is 1.47 bits per heavy atom. The minimum Gasteiger partial charge on any atom is -0.336 e. The van der Waals surface area contributed by atoms with Gasteiger partial charge in [-0.2, -0.15) is 5.10 Å². The second-order valence-electron chi connectivity index (χ2n) is 4.46. The highest BCUT2D eigenvalue weighted by Gasteiger charge is 2.14. The first-order valence-corrected chi connectivity index (χ1v) is 6.01. The van der Waals surface area contributed by atoms with E-state index in [1.165, 1.54) is 0 Å². The molecule has 0 fully saturated rings. The minimum absolute atomic E-state index is 0.0345. The van der Waals surface area contributed by atoms with E-state index < -0.39 is 0 Å². The van der Waals surface area contributed by atoms with Gasteiger partial charge in [0.25, 0.3) is 0 Å². The standard InChI is InChI=1S/C12H22N4O/c1-6-8(2)14-12(17)15-9(3)11-7-13-16(5)10(11)4/h7-9H,6H2,1-5H3,(H2,14,15,17)/t8-,9+/m0/s1. The molecule has 0 saturated carbocycles. The summed E-state index contributed by atoms with van der Waals surface area (Å²) in [5.41, 5.74) is 2.12. The van der Waals surface area contributed by atoms with E-state index in [0.717, 1.165) is 17.7 Å². The lowest BCUT2D eigenvalue weighted by atomic mass is 10.1. The molecule has 96 valence electrons. The molecule has 0 aliphatic rings. The van der Waals surface area contributed by atoms with Crippen molar-refractivity contribution in [1.29, 1.82) is 0 Å². The van der Waals surface area contributed by atoms with Crippen molar-refractivity contribution in [2.75, 3.05) is 0 Å². The van der Waals surface area contributed by atoms with Gasteiger partial charge in [-0.15, -0.1) is 0 Å². The van der Waals surface area contributed by atoms with Crippen molar-refractivity contribution in [2.24, 2.45) is 7.05 Å². The highest BCUT2D eigenvalue weighted by Crippen LogP contribution is 2.15. The molecule has 1 aromatic rings. The molecule has 5 heteroatoms. The smallest absolute Gasteiger partial charge is 0.315 e. The zero-order chi connectivity index (χ0) is 13.0. The maximum atomic E-state index is 11.7. The zero-order valence-electron chi connectivity index (χ0n) is 11.2. The molecule has 0 unspecified atom stereocenters. The molecule has 1 aromatic heterocycles. The van der Waals surface area contributed by atoms with E-state index in [9.17, 15) is 4.79 Å². The van der Waals surface area contributed by atoms with Crippen molar-refractivity contribution >= 4 is 6.03 Å². The molecule has 0 aromatic carbocycles. The second kappa shape index (κ2) is 5.70. The molecule has 17 heavy (non-hydrogen) atoms. The first kappa shape index (κ1) is 13.5. The van der Waals surface area contributed by atoms with Crippen LogP contribution in [0.5, 0.6) is 0 Å². The molecule has 2 atom stereocenters. The van der Waals surface area contributed by atoms with Crippen molar-refractivity contribution in [2.45, 2.75) is 46.2 Å². The third-order valence-corrected chi connectivity index (χ3v) is 3.08. The normalized spacial score (nSPS) is 14.2. The quantitative estimate of drug-likeness (QED) is 0.841. The lowest BCUT2D eigenvalue weighted by molar-refractivity contribution is 0.234. The summed E-state index contributed by atoms with van der Waals surface area (Å²) < 4.78 is 1.81. The summed E-state index contributed by atoms with van der Waals surface area (Å²) in [4.78, 5) is 11.7. The summed E-state index contributed by atoms with van der Waals surface area (Å²) in [6, 6.07) is 0.0278. The number of aryl methyl sites for hydroxylation is 1. The van der Waals surface area contributed by atoms with Gasteiger partial charge in [0.1, 0.15) is 0 Å². The topological polar surface area (TPSA) is 59.0 Å². The summed E-state index contributed by atoms with van der Waals surface area (Å²) in [6.07, 6.45) is 2.72. The van der Waals surface area contributed by atoms with Crippen LogP contribution in [0.1, 0.15) is 44.5 Å². The Morgan fingerprint density at radius 2 is 2.12 bits per heavy atom. The Kier molecular flexibility index (Phi) is 4.54. The predicted octanol–water partition coefficient (Wildman–Crippen LogP) is 1.89. The molecule has 0 bridgehead atoms. The molecule has 1 rings (SSSR count). The van der Waals surface area contributed by atoms with Crippen LogP contribution in [0.4, 0.5) is 4.79 Å². The third-order valence-electron chi connectivity index (χ3n) is 3.08. The van der Waals surface area contributed by atoms with Gasteiger partial charge >= 0.3 is 6.03 Å². The summed E-state index contributed by atoms with van der Waals surface area (Å²) in [7, 11) is 1.89. The van der Waals surface area contributed by atoms with Crippen LogP contribution in [0.3, 0.4) is 0 Å². The first-order chi connectivity index (χ1) is 7.95. The minimum atomic E-state index is -0.130. The lowest BCUT2D eigenvalue weighted by Gasteiger charge is -2.17. The van der Waals surface area contributed by atoms with Crippen LogP contribution >= 0.6 is 0 Å². The lowest BCUT2D eigenvalue weighted by Crippen LogP contribution is -2.41. The van der Waals surface area contributed by atoms with Crippen LogP contribution in [-0.4, -0.2) is 21.9 Å². The number of amides is 2. The van der Waals surface area contributed by atoms with Gasteiger partial charge in [-0.1, -0.05) is 6.92 Å². The van der Waals surface area contributed by atoms with Crippen LogP contribution < -0.4 is 10.6 Å². The second-order valence-corrected chi connectivity index (χ2v) is 4.46. The number of carbonyl (C=O) groups excluding carboxylic acids is 1. The number of hydrogen-bond donors (Lipinski definition) is 2. The number of rotatable bonds is 4. The SMILES string of the molecule is CC[C@H](C)NC(=O)N[C@H](C)c1cnn(C)c1C. The van der Waals surface area contributed by atoms with Crippen LogP contribution in [-0.2, 0) is 7.05 Å². The summed E-state index contributed by atoms with van der Waals surface area (Å²) >= 11 is 0. The molecular weight excluding hydrogens is 216 g/mol. The van der Waals surface area contributed by atoms with E-state index in [-0.39, 0.29) is 18.1 Å². The van der Waals surface area contributed by atoms with Crippen LogP contribution in [0.25, 0.3) is 0 Å². The number of urea groups is 1. The molecule has 2 N–H and O–H groups in total. The average molecular weight is 238 g/mol. The van der Waals surface area contributed by atoms with Crippen molar-refractivity contribution in [3.8, 4) is 0 Å². The molecule has 0 radical (unpaired) electrons. The van der Waals surface area contributed by atoms with E-state index in [0.29, 0.717) is 0 Å². The molecule has 2 amide bonds. The molecular formula is C12H22N4O. The third kappa shape index (κ3) is 3.47. The zero-order valence-corrected chi connectivity index (χ0v) is 11.2. The van der Waals surface area contributed by atoms with E-state index >= 15 is 0 Å². The maximum Gasteiger partial charge on any atom is 0.315 e. The largest absolute Gasteiger partial charge is 0.336 e. The molecule has 1 heterocycles. The summed E-state index contributed by atoms with van der Waals surface area (Å²) in [5, 5.41) is 9.96. The predicted molar refractivity (Wildman–Crippen MR) is 67.8 cm³/mol. The Morgan fingerprint density at radius 3 is 2.59 bits per heavy atom. The van der Waals surface area contributed by atoms with Gasteiger partial charge in [-0.3, -0.25) is 4.68 Å². The van der Waals surface area contributed by atoms with Gasteiger partial charge in [0.2, 0.25) is 0 Å². The Bertz CT molecular complexity index is 386. The molecule has 0 saturated heterocycles. The van der Waals surface area contributed by atoms with Gasteiger partial charge in [-0.25, -0.2) is 4.79 Å². The van der Waals surface area contributed by atoms with Crippen molar-refractivity contribution in [3.05, 3.63) is 17.5 Å². The van der Waals surface area contributed by atoms with Crippen molar-refractivity contribution in [3.63, 3.8) is 0 Å². The van der Waals surface area contributed by atoms with Crippen molar-refractivity contribution in [1.82, 2.24) is 20.4 Å². The van der Waals surface area contributed by atoms with E-state index in [4.69, 9.17) is 0 Å². The van der Waals surface area contributed by atoms with Gasteiger partial charge in [0, 0.05) is 24.3 Å². The van der Waals surface area contributed by atoms with Crippen LogP contribution in [0.15, 0.2) is 6.20 Å². The fourth-order valence-corrected chi connectivity index (χ4v) is 1.58. The first-order valence-electron chi connectivity index (χ1n) is 6.01. The van der Waals surface area contributed by atoms with E-state index in [1.807, 2.05) is 34.7 Å². The Labute approximate surface area is 103 Å². The average Bonchev–Trinajstić information content (AvgIpc) is 2.59. The number of carbonyl (C=O) groups is 1. The number of hydrogen-bond acceptors (Lipinski definition) is 2. The molecule has 0 aliphatic heterocycles. The molecule has 5 nitrogen and oxygen atoms in total. The van der Waals surface area contributed by atoms with E-state index in [2.05, 4.69) is 15.7 Å². The summed E-state index contributed by atoms with van der Waals surface area (Å²) in [5.74, 6) is 0. The van der Waals surface area contributed by atoms with Gasteiger partial charge in [0.15, 0.2) is 0 Å². The molecule has 0 spiro atoms. The van der Waals surface area contributed by atoms with Crippen LogP contribution in [0, 0.1) is 6.92 Å². The van der Waals surface area contributed by atoms with Gasteiger partial charge in [0.05, 0.1) is 12.2 Å². The highest BCUT2D eigenvalue weighted by atomic mass is 16.2. The Balaban J connectivity index is 2.57. The maximum absolute atomic E-state index is 11.7. The van der Waals surface area contributed by atoms with Gasteiger partial charge < -0.3 is 10.6 Å². The molecule has 0 aliphatic carbocycles. The van der Waals surface area contributed by atoms with Crippen molar-refractivity contribution < 1.29 is 4.79 Å². The number of nitrogens with zero attached hydrogens (tertiary/aromatic N) is 2. The van der Waals surface area contributed by atoms with Crippen LogP contribution in [0.2, 0.25) is 0 Å². The summed E-state index contributed by atoms with van der Waals surface area (Å²) in [6.45, 7) is 7.98. The highest BCUT2D eigenvalue weighted by molar-refractivity contribution is 5.74.